The standard InChI is InChI=1S/C16H22BrNO/c1-11-6-4-8-13(10-11)18(3)16(19)14-9-5-7-12(2)15(14)17/h5,7,9,11,13H,4,6,8,10H2,1-3H3. The maximum absolute atomic E-state index is 12.6. The van der Waals surface area contributed by atoms with Crippen LogP contribution in [0.1, 0.15) is 48.5 Å². The van der Waals surface area contributed by atoms with E-state index < -0.39 is 0 Å². The third kappa shape index (κ3) is 3.19. The summed E-state index contributed by atoms with van der Waals surface area (Å²) in [5, 5.41) is 0. The molecule has 0 radical (unpaired) electrons. The van der Waals surface area contributed by atoms with Crippen LogP contribution >= 0.6 is 15.9 Å². The Hall–Kier alpha value is -0.830. The van der Waals surface area contributed by atoms with Gasteiger partial charge in [0.25, 0.3) is 5.91 Å². The summed E-state index contributed by atoms with van der Waals surface area (Å²) in [6, 6.07) is 6.26. The molecule has 19 heavy (non-hydrogen) atoms. The second-order valence-corrected chi connectivity index (χ2v) is 6.57. The van der Waals surface area contributed by atoms with Gasteiger partial charge in [0.05, 0.1) is 5.56 Å². The predicted octanol–water partition coefficient (Wildman–Crippen LogP) is 4.41. The summed E-state index contributed by atoms with van der Waals surface area (Å²) in [5.41, 5.74) is 1.89. The number of halogens is 1. The maximum Gasteiger partial charge on any atom is 0.254 e. The fourth-order valence-electron chi connectivity index (χ4n) is 2.92. The average Bonchev–Trinajstić information content (AvgIpc) is 2.40. The molecule has 1 amide bonds. The Labute approximate surface area is 124 Å². The van der Waals surface area contributed by atoms with Gasteiger partial charge in [-0.25, -0.2) is 0 Å². The highest BCUT2D eigenvalue weighted by atomic mass is 79.9. The summed E-state index contributed by atoms with van der Waals surface area (Å²) in [7, 11) is 1.94. The van der Waals surface area contributed by atoms with Crippen molar-refractivity contribution in [3.05, 3.63) is 33.8 Å². The molecule has 2 unspecified atom stereocenters. The highest BCUT2D eigenvalue weighted by Crippen LogP contribution is 2.29. The molecule has 1 aliphatic carbocycles. The number of benzene rings is 1. The van der Waals surface area contributed by atoms with Gasteiger partial charge in [-0.15, -0.1) is 0 Å². The van der Waals surface area contributed by atoms with Gasteiger partial charge in [0.1, 0.15) is 0 Å². The summed E-state index contributed by atoms with van der Waals surface area (Å²) in [6.07, 6.45) is 4.80. The Bertz CT molecular complexity index is 472. The first-order valence-corrected chi connectivity index (χ1v) is 7.82. The number of carbonyl (C=O) groups is 1. The SMILES string of the molecule is Cc1cccc(C(=O)N(C)C2CCCC(C)C2)c1Br. The lowest BCUT2D eigenvalue weighted by molar-refractivity contribution is 0.0671. The van der Waals surface area contributed by atoms with Crippen molar-refractivity contribution in [2.24, 2.45) is 5.92 Å². The zero-order valence-corrected chi connectivity index (χ0v) is 13.5. The van der Waals surface area contributed by atoms with Crippen LogP contribution in [0.3, 0.4) is 0 Å². The highest BCUT2D eigenvalue weighted by molar-refractivity contribution is 9.10. The largest absolute Gasteiger partial charge is 0.339 e. The maximum atomic E-state index is 12.6. The molecule has 0 N–H and O–H groups in total. The number of hydrogen-bond donors (Lipinski definition) is 0. The van der Waals surface area contributed by atoms with E-state index in [4.69, 9.17) is 0 Å². The first-order valence-electron chi connectivity index (χ1n) is 7.03. The minimum atomic E-state index is 0.134. The third-order valence-corrected chi connectivity index (χ3v) is 5.25. The number of carbonyl (C=O) groups excluding carboxylic acids is 1. The summed E-state index contributed by atoms with van der Waals surface area (Å²) >= 11 is 3.54. The van der Waals surface area contributed by atoms with E-state index in [1.807, 2.05) is 37.1 Å². The number of aryl methyl sites for hydroxylation is 1. The van der Waals surface area contributed by atoms with E-state index in [9.17, 15) is 4.79 Å². The van der Waals surface area contributed by atoms with Gasteiger partial charge >= 0.3 is 0 Å². The van der Waals surface area contributed by atoms with Crippen LogP contribution in [0.25, 0.3) is 0 Å². The van der Waals surface area contributed by atoms with E-state index in [0.717, 1.165) is 34.4 Å². The predicted molar refractivity (Wildman–Crippen MR) is 82.4 cm³/mol. The molecule has 1 fully saturated rings. The Kier molecular flexibility index (Phi) is 4.67. The summed E-state index contributed by atoms with van der Waals surface area (Å²) in [5.74, 6) is 0.865. The number of amides is 1. The van der Waals surface area contributed by atoms with Gasteiger partial charge in [-0.3, -0.25) is 4.79 Å². The van der Waals surface area contributed by atoms with Crippen molar-refractivity contribution in [2.45, 2.75) is 45.6 Å². The van der Waals surface area contributed by atoms with Crippen molar-refractivity contribution in [2.75, 3.05) is 7.05 Å². The molecule has 0 heterocycles. The molecule has 0 spiro atoms. The molecular formula is C16H22BrNO. The Morgan fingerprint density at radius 1 is 1.37 bits per heavy atom. The molecule has 0 aromatic heterocycles. The number of rotatable bonds is 2. The number of hydrogen-bond acceptors (Lipinski definition) is 1. The lowest BCUT2D eigenvalue weighted by Crippen LogP contribution is -2.40. The van der Waals surface area contributed by atoms with E-state index in [1.165, 1.54) is 12.8 Å². The molecule has 0 aliphatic heterocycles. The van der Waals surface area contributed by atoms with Crippen molar-refractivity contribution >= 4 is 21.8 Å². The second kappa shape index (κ2) is 6.08. The second-order valence-electron chi connectivity index (χ2n) is 5.78. The summed E-state index contributed by atoms with van der Waals surface area (Å²) in [6.45, 7) is 4.30. The van der Waals surface area contributed by atoms with Crippen molar-refractivity contribution in [3.8, 4) is 0 Å². The lowest BCUT2D eigenvalue weighted by Gasteiger charge is -2.34. The molecule has 104 valence electrons. The number of nitrogens with zero attached hydrogens (tertiary/aromatic N) is 1. The van der Waals surface area contributed by atoms with Crippen LogP contribution in [0.5, 0.6) is 0 Å². The molecule has 3 heteroatoms. The molecular weight excluding hydrogens is 302 g/mol. The lowest BCUT2D eigenvalue weighted by atomic mass is 9.86. The van der Waals surface area contributed by atoms with Crippen molar-refractivity contribution in [1.82, 2.24) is 4.90 Å². The molecule has 2 nitrogen and oxygen atoms in total. The zero-order valence-electron chi connectivity index (χ0n) is 11.9. The molecule has 1 aliphatic rings. The summed E-state index contributed by atoms with van der Waals surface area (Å²) < 4.78 is 0.927. The quantitative estimate of drug-likeness (QED) is 0.789. The van der Waals surface area contributed by atoms with Crippen LogP contribution in [-0.2, 0) is 0 Å². The minimum Gasteiger partial charge on any atom is -0.339 e. The molecule has 1 aromatic rings. The van der Waals surface area contributed by atoms with Crippen LogP contribution < -0.4 is 0 Å². The van der Waals surface area contributed by atoms with Crippen LogP contribution in [-0.4, -0.2) is 23.9 Å². The van der Waals surface area contributed by atoms with Crippen LogP contribution in [0.15, 0.2) is 22.7 Å². The summed E-state index contributed by atoms with van der Waals surface area (Å²) in [4.78, 5) is 14.6. The van der Waals surface area contributed by atoms with Gasteiger partial charge in [0.15, 0.2) is 0 Å². The van der Waals surface area contributed by atoms with Crippen LogP contribution in [0, 0.1) is 12.8 Å². The van der Waals surface area contributed by atoms with Gasteiger partial charge in [0.2, 0.25) is 0 Å². The van der Waals surface area contributed by atoms with Crippen LogP contribution in [0.2, 0.25) is 0 Å². The van der Waals surface area contributed by atoms with Gasteiger partial charge in [-0.1, -0.05) is 31.9 Å². The van der Waals surface area contributed by atoms with Gasteiger partial charge < -0.3 is 4.90 Å². The van der Waals surface area contributed by atoms with Gasteiger partial charge in [-0.05, 0) is 53.2 Å². The molecule has 2 atom stereocenters. The zero-order chi connectivity index (χ0) is 14.0. The third-order valence-electron chi connectivity index (χ3n) is 4.20. The topological polar surface area (TPSA) is 20.3 Å². The monoisotopic (exact) mass is 323 g/mol. The first kappa shape index (κ1) is 14.6. The van der Waals surface area contributed by atoms with E-state index in [1.54, 1.807) is 0 Å². The highest BCUT2D eigenvalue weighted by Gasteiger charge is 2.26. The van der Waals surface area contributed by atoms with Gasteiger partial charge in [-0.2, -0.15) is 0 Å². The van der Waals surface area contributed by atoms with E-state index in [-0.39, 0.29) is 5.91 Å². The van der Waals surface area contributed by atoms with E-state index in [2.05, 4.69) is 22.9 Å². The van der Waals surface area contributed by atoms with Crippen LogP contribution in [0.4, 0.5) is 0 Å². The smallest absolute Gasteiger partial charge is 0.254 e. The van der Waals surface area contributed by atoms with Crippen molar-refractivity contribution in [3.63, 3.8) is 0 Å². The van der Waals surface area contributed by atoms with Crippen molar-refractivity contribution < 1.29 is 4.79 Å². The minimum absolute atomic E-state index is 0.134. The molecule has 1 saturated carbocycles. The molecule has 0 saturated heterocycles. The van der Waals surface area contributed by atoms with Crippen molar-refractivity contribution in [1.29, 1.82) is 0 Å². The van der Waals surface area contributed by atoms with E-state index >= 15 is 0 Å². The van der Waals surface area contributed by atoms with E-state index in [0.29, 0.717) is 6.04 Å². The molecule has 2 rings (SSSR count). The fraction of sp³-hybridized carbons (Fsp3) is 0.562. The average molecular weight is 324 g/mol. The molecule has 1 aromatic carbocycles. The first-order chi connectivity index (χ1) is 9.00. The normalized spacial score (nSPS) is 23.2. The Morgan fingerprint density at radius 3 is 2.79 bits per heavy atom. The fourth-order valence-corrected chi connectivity index (χ4v) is 3.36. The van der Waals surface area contributed by atoms with Gasteiger partial charge in [0, 0.05) is 17.6 Å². The Balaban J connectivity index is 2.16. The molecule has 0 bridgehead atoms. The Morgan fingerprint density at radius 2 is 2.11 bits per heavy atom.